The zero-order valence-corrected chi connectivity index (χ0v) is 25.5. The minimum atomic E-state index is -1.10. The number of aromatic nitrogens is 3. The molecule has 4 aromatic rings. The maximum atomic E-state index is 16.7. The highest BCUT2D eigenvalue weighted by Gasteiger charge is 2.51. The third-order valence-corrected chi connectivity index (χ3v) is 10.2. The molecule has 0 unspecified atom stereocenters. The lowest BCUT2D eigenvalue weighted by atomic mass is 9.91. The quantitative estimate of drug-likeness (QED) is 0.218. The third-order valence-electron chi connectivity index (χ3n) is 10.2. The average molecular weight is 649 g/mol. The number of anilines is 1. The molecular formula is C34H32F4N6O3. The summed E-state index contributed by atoms with van der Waals surface area (Å²) in [5.41, 5.74) is -1.35. The smallest absolute Gasteiger partial charge is 0.319 e. The van der Waals surface area contributed by atoms with E-state index < -0.39 is 34.7 Å². The summed E-state index contributed by atoms with van der Waals surface area (Å²) in [6, 6.07) is 7.08. The first kappa shape index (κ1) is 30.0. The molecule has 4 aliphatic rings. The normalized spacial score (nSPS) is 23.8. The number of pyridine rings is 1. The van der Waals surface area contributed by atoms with E-state index in [2.05, 4.69) is 21.4 Å². The van der Waals surface area contributed by atoms with Gasteiger partial charge < -0.3 is 19.3 Å². The first-order valence-electron chi connectivity index (χ1n) is 15.7. The van der Waals surface area contributed by atoms with Crippen LogP contribution in [0.3, 0.4) is 0 Å². The minimum absolute atomic E-state index is 0.0732. The van der Waals surface area contributed by atoms with Crippen LogP contribution in [-0.2, 0) is 9.53 Å². The third kappa shape index (κ3) is 4.73. The number of carbonyl (C=O) groups is 1. The molecule has 0 radical (unpaired) electrons. The van der Waals surface area contributed by atoms with Crippen molar-refractivity contribution in [3.8, 4) is 17.3 Å². The van der Waals surface area contributed by atoms with E-state index in [9.17, 15) is 13.6 Å². The largest absolute Gasteiger partial charge is 0.461 e. The molecule has 0 saturated carbocycles. The van der Waals surface area contributed by atoms with Gasteiger partial charge in [-0.05, 0) is 36.9 Å². The SMILES string of the molecule is C=CC(=O)N1CCN(c2nc(OC[C@@]34CCCN3C[C@H](F)C4)nc3c(F)c(-c4cccc5ccc(F)c(F)c45)ncc23)CC12COC2. The topological polar surface area (TPSA) is 83.9 Å². The first-order chi connectivity index (χ1) is 22.7. The van der Waals surface area contributed by atoms with E-state index in [1.165, 1.54) is 24.4 Å². The summed E-state index contributed by atoms with van der Waals surface area (Å²) in [6.45, 7) is 6.58. The molecule has 244 valence electrons. The Morgan fingerprint density at radius 1 is 1.11 bits per heavy atom. The van der Waals surface area contributed by atoms with E-state index in [4.69, 9.17) is 14.5 Å². The van der Waals surface area contributed by atoms with E-state index in [-0.39, 0.29) is 46.1 Å². The van der Waals surface area contributed by atoms with Crippen LogP contribution in [0.1, 0.15) is 19.3 Å². The number of piperazine rings is 1. The number of carbonyl (C=O) groups excluding carboxylic acids is 1. The zero-order chi connectivity index (χ0) is 32.5. The summed E-state index contributed by atoms with van der Waals surface area (Å²) < 4.78 is 72.4. The Hall–Kier alpha value is -4.36. The van der Waals surface area contributed by atoms with Gasteiger partial charge in [-0.15, -0.1) is 0 Å². The predicted molar refractivity (Wildman–Crippen MR) is 166 cm³/mol. The lowest BCUT2D eigenvalue weighted by Crippen LogP contribution is -2.72. The van der Waals surface area contributed by atoms with E-state index in [0.717, 1.165) is 25.5 Å². The monoisotopic (exact) mass is 648 g/mol. The number of ether oxygens (including phenoxy) is 2. The summed E-state index contributed by atoms with van der Waals surface area (Å²) in [5.74, 6) is -2.86. The molecule has 1 amide bonds. The van der Waals surface area contributed by atoms with Gasteiger partial charge in [-0.2, -0.15) is 9.97 Å². The molecule has 2 aromatic heterocycles. The fourth-order valence-corrected chi connectivity index (χ4v) is 7.87. The lowest BCUT2D eigenvalue weighted by Gasteiger charge is -2.55. The Bertz CT molecular complexity index is 1940. The molecule has 4 aliphatic heterocycles. The lowest BCUT2D eigenvalue weighted by molar-refractivity contribution is -0.164. The van der Waals surface area contributed by atoms with Crippen LogP contribution in [-0.4, -0.2) is 100 Å². The average Bonchev–Trinajstić information content (AvgIpc) is 3.59. The highest BCUT2D eigenvalue weighted by Crippen LogP contribution is 2.42. The van der Waals surface area contributed by atoms with Crippen LogP contribution >= 0.6 is 0 Å². The number of halogens is 4. The Morgan fingerprint density at radius 2 is 1.96 bits per heavy atom. The molecule has 47 heavy (non-hydrogen) atoms. The number of hydrogen-bond acceptors (Lipinski definition) is 8. The van der Waals surface area contributed by atoms with Gasteiger partial charge in [-0.1, -0.05) is 30.8 Å². The number of nitrogens with zero attached hydrogens (tertiary/aromatic N) is 6. The zero-order valence-electron chi connectivity index (χ0n) is 25.5. The van der Waals surface area contributed by atoms with E-state index in [1.807, 2.05) is 4.90 Å². The number of rotatable bonds is 6. The second-order valence-corrected chi connectivity index (χ2v) is 13.0. The van der Waals surface area contributed by atoms with Gasteiger partial charge in [0, 0.05) is 49.7 Å². The fraction of sp³-hybridized carbons (Fsp3) is 0.412. The van der Waals surface area contributed by atoms with Gasteiger partial charge in [-0.25, -0.2) is 17.6 Å². The van der Waals surface area contributed by atoms with E-state index >= 15 is 8.78 Å². The van der Waals surface area contributed by atoms with Crippen LogP contribution in [0.5, 0.6) is 6.01 Å². The van der Waals surface area contributed by atoms with Gasteiger partial charge >= 0.3 is 6.01 Å². The van der Waals surface area contributed by atoms with Crippen LogP contribution in [0, 0.1) is 17.5 Å². The Morgan fingerprint density at radius 3 is 2.74 bits per heavy atom. The highest BCUT2D eigenvalue weighted by atomic mass is 19.2. The van der Waals surface area contributed by atoms with Crippen molar-refractivity contribution >= 4 is 33.4 Å². The molecule has 2 atom stereocenters. The summed E-state index contributed by atoms with van der Waals surface area (Å²) in [6.07, 6.45) is 3.77. The minimum Gasteiger partial charge on any atom is -0.461 e. The van der Waals surface area contributed by atoms with Gasteiger partial charge in [0.1, 0.15) is 35.3 Å². The molecule has 4 fully saturated rings. The number of alkyl halides is 1. The fourth-order valence-electron chi connectivity index (χ4n) is 7.87. The molecule has 1 spiro atoms. The van der Waals surface area contributed by atoms with Crippen LogP contribution in [0.2, 0.25) is 0 Å². The van der Waals surface area contributed by atoms with Gasteiger partial charge in [-0.3, -0.25) is 14.7 Å². The van der Waals surface area contributed by atoms with Crippen LogP contribution < -0.4 is 9.64 Å². The van der Waals surface area contributed by atoms with Crippen LogP contribution in [0.25, 0.3) is 32.9 Å². The molecule has 4 saturated heterocycles. The maximum absolute atomic E-state index is 16.7. The Labute approximate surface area is 267 Å². The van der Waals surface area contributed by atoms with E-state index in [0.29, 0.717) is 57.0 Å². The predicted octanol–water partition coefficient (Wildman–Crippen LogP) is 4.82. The summed E-state index contributed by atoms with van der Waals surface area (Å²) >= 11 is 0. The second-order valence-electron chi connectivity index (χ2n) is 13.0. The number of benzene rings is 2. The van der Waals surface area contributed by atoms with Gasteiger partial charge in [0.2, 0.25) is 5.91 Å². The van der Waals surface area contributed by atoms with Crippen molar-refractivity contribution in [3.05, 3.63) is 66.6 Å². The van der Waals surface area contributed by atoms with Crippen molar-refractivity contribution in [1.82, 2.24) is 24.8 Å². The highest BCUT2D eigenvalue weighted by molar-refractivity contribution is 5.99. The number of hydrogen-bond donors (Lipinski definition) is 0. The molecule has 0 aliphatic carbocycles. The molecule has 13 heteroatoms. The molecule has 0 N–H and O–H groups in total. The molecule has 2 aromatic carbocycles. The van der Waals surface area contributed by atoms with Crippen LogP contribution in [0.4, 0.5) is 23.4 Å². The van der Waals surface area contributed by atoms with Crippen molar-refractivity contribution in [1.29, 1.82) is 0 Å². The second kappa shape index (κ2) is 11.1. The van der Waals surface area contributed by atoms with Crippen molar-refractivity contribution in [2.75, 3.05) is 57.4 Å². The molecule has 9 nitrogen and oxygen atoms in total. The van der Waals surface area contributed by atoms with Crippen molar-refractivity contribution in [3.63, 3.8) is 0 Å². The Balaban J connectivity index is 1.24. The summed E-state index contributed by atoms with van der Waals surface area (Å²) in [4.78, 5) is 32.1. The standard InChI is InChI=1S/C34H32F4N6O3/c1-2-25(45)44-12-11-42(16-34(44)17-46-18-34)31-23-14-39-29(22-6-3-5-20-7-8-24(36)27(37)26(20)22)28(38)30(23)40-32(41-31)47-19-33-9-4-10-43(33)15-21(35)13-33/h2-3,5-8,14,21H,1,4,9-13,15-19H2/t21-,33+/m1/s1. The van der Waals surface area contributed by atoms with Gasteiger partial charge in [0.15, 0.2) is 17.5 Å². The van der Waals surface area contributed by atoms with Crippen molar-refractivity contribution in [2.45, 2.75) is 36.5 Å². The maximum Gasteiger partial charge on any atom is 0.319 e. The molecule has 0 bridgehead atoms. The van der Waals surface area contributed by atoms with Crippen LogP contribution in [0.15, 0.2) is 49.2 Å². The van der Waals surface area contributed by atoms with Gasteiger partial charge in [0.25, 0.3) is 0 Å². The van der Waals surface area contributed by atoms with E-state index in [1.54, 1.807) is 17.0 Å². The summed E-state index contributed by atoms with van der Waals surface area (Å²) in [5, 5.41) is 0.578. The molecular weight excluding hydrogens is 616 g/mol. The Kier molecular flexibility index (Phi) is 7.10. The molecule has 8 rings (SSSR count). The summed E-state index contributed by atoms with van der Waals surface area (Å²) in [7, 11) is 0. The number of amides is 1. The number of fused-ring (bicyclic) bond motifs is 3. The molecule has 6 heterocycles. The van der Waals surface area contributed by atoms with Gasteiger partial charge in [0.05, 0.1) is 24.1 Å². The van der Waals surface area contributed by atoms with Crippen molar-refractivity contribution in [2.24, 2.45) is 0 Å². The first-order valence-corrected chi connectivity index (χ1v) is 15.7. The van der Waals surface area contributed by atoms with Crippen molar-refractivity contribution < 1.29 is 31.8 Å².